The molecule has 0 spiro atoms. The fraction of sp³-hybridized carbons (Fsp3) is 0.500. The van der Waals surface area contributed by atoms with Crippen LogP contribution in [0.4, 0.5) is 0 Å². The second-order valence-corrected chi connectivity index (χ2v) is 13.1. The van der Waals surface area contributed by atoms with Crippen LogP contribution in [0.5, 0.6) is 0 Å². The number of aromatic nitrogens is 1. The predicted molar refractivity (Wildman–Crippen MR) is 134 cm³/mol. The molecule has 0 bridgehead atoms. The fourth-order valence-electron chi connectivity index (χ4n) is 4.98. The molecule has 0 atom stereocenters. The Morgan fingerprint density at radius 3 is 2.36 bits per heavy atom. The van der Waals surface area contributed by atoms with Crippen molar-refractivity contribution in [3.63, 3.8) is 0 Å². The van der Waals surface area contributed by atoms with E-state index in [2.05, 4.69) is 5.32 Å². The normalized spacial score (nSPS) is 19.8. The van der Waals surface area contributed by atoms with E-state index in [-0.39, 0.29) is 54.5 Å². The summed E-state index contributed by atoms with van der Waals surface area (Å²) in [6.45, 7) is 5.59. The van der Waals surface area contributed by atoms with Gasteiger partial charge in [0.15, 0.2) is 9.84 Å². The second kappa shape index (κ2) is 8.85. The van der Waals surface area contributed by atoms with Gasteiger partial charge in [0, 0.05) is 31.6 Å². The minimum atomic E-state index is -3.42. The van der Waals surface area contributed by atoms with Crippen LogP contribution in [-0.4, -0.2) is 66.5 Å². The third-order valence-electron chi connectivity index (χ3n) is 7.48. The molecule has 1 N–H and O–H groups in total. The number of pyridine rings is 1. The number of benzene rings is 1. The van der Waals surface area contributed by atoms with Crippen molar-refractivity contribution in [1.82, 2.24) is 14.8 Å². The van der Waals surface area contributed by atoms with Gasteiger partial charge in [-0.25, -0.2) is 8.42 Å². The van der Waals surface area contributed by atoms with Crippen molar-refractivity contribution in [3.05, 3.63) is 69.1 Å². The first-order valence-corrected chi connectivity index (χ1v) is 13.8. The van der Waals surface area contributed by atoms with Crippen molar-refractivity contribution in [2.45, 2.75) is 44.5 Å². The Labute approximate surface area is 210 Å². The van der Waals surface area contributed by atoms with E-state index >= 15 is 0 Å². The molecule has 2 aromatic rings. The quantitative estimate of drug-likeness (QED) is 0.573. The lowest BCUT2D eigenvalue weighted by Gasteiger charge is -2.39. The van der Waals surface area contributed by atoms with Crippen LogP contribution in [0.2, 0.25) is 0 Å². The number of hydrogen-bond acceptors (Lipinski definition) is 6. The molecular weight excluding hydrogens is 482 g/mol. The zero-order chi connectivity index (χ0) is 25.7. The van der Waals surface area contributed by atoms with Gasteiger partial charge in [-0.15, -0.1) is 0 Å². The van der Waals surface area contributed by atoms with E-state index in [1.165, 1.54) is 21.6 Å². The van der Waals surface area contributed by atoms with E-state index in [0.717, 1.165) is 11.1 Å². The smallest absolute Gasteiger partial charge is 0.270 e. The summed E-state index contributed by atoms with van der Waals surface area (Å²) < 4.78 is 32.0. The molecular formula is C26H31N3O6S. The Morgan fingerprint density at radius 1 is 1.06 bits per heavy atom. The Morgan fingerprint density at radius 2 is 1.75 bits per heavy atom. The molecule has 1 saturated heterocycles. The number of aryl methyl sites for hydroxylation is 1. The Bertz CT molecular complexity index is 1370. The monoisotopic (exact) mass is 513 g/mol. The van der Waals surface area contributed by atoms with Gasteiger partial charge in [-0.05, 0) is 37.5 Å². The summed E-state index contributed by atoms with van der Waals surface area (Å²) in [5, 5.41) is 2.76. The molecule has 0 radical (unpaired) electrons. The number of nitrogens with zero attached hydrogens (tertiary/aromatic N) is 2. The highest BCUT2D eigenvalue weighted by molar-refractivity contribution is 7.93. The van der Waals surface area contributed by atoms with Gasteiger partial charge in [0.2, 0.25) is 0 Å². The number of fused-ring (bicyclic) bond motifs is 1. The van der Waals surface area contributed by atoms with E-state index in [1.807, 2.05) is 38.1 Å². The predicted octanol–water partition coefficient (Wildman–Crippen LogP) is 1.53. The molecule has 1 saturated carbocycles. The van der Waals surface area contributed by atoms with E-state index in [9.17, 15) is 22.8 Å². The minimum absolute atomic E-state index is 0.0238. The molecule has 10 heteroatoms. The lowest BCUT2D eigenvalue weighted by Crippen LogP contribution is -2.52. The largest absolute Gasteiger partial charge is 0.380 e. The summed E-state index contributed by atoms with van der Waals surface area (Å²) >= 11 is 0. The second-order valence-electron chi connectivity index (χ2n) is 10.7. The summed E-state index contributed by atoms with van der Waals surface area (Å²) in [6, 6.07) is 10.6. The molecule has 2 fully saturated rings. The highest BCUT2D eigenvalue weighted by Gasteiger charge is 2.58. The summed E-state index contributed by atoms with van der Waals surface area (Å²) in [7, 11) is -3.42. The zero-order valence-electron chi connectivity index (χ0n) is 20.6. The number of ether oxygens (including phenoxy) is 1. The third-order valence-corrected chi connectivity index (χ3v) is 10.4. The molecule has 192 valence electrons. The Balaban J connectivity index is 1.28. The minimum Gasteiger partial charge on any atom is -0.380 e. The molecule has 36 heavy (non-hydrogen) atoms. The third kappa shape index (κ3) is 4.48. The van der Waals surface area contributed by atoms with Gasteiger partial charge in [-0.3, -0.25) is 14.4 Å². The number of hydrogen-bond donors (Lipinski definition) is 1. The maximum Gasteiger partial charge on any atom is 0.270 e. The standard InChI is InChI=1S/C26H31N3O6S/c1-18-3-5-19(6-4-18)13-27-22(30)20-7-8-21-24(32)28(11-12-29(21)23(20)31)14-26(9-10-26)36(33,34)17-25(2)15-35-16-25/h3-8H,9-17H2,1-2H3,(H,27,30). The first-order chi connectivity index (χ1) is 17.0. The van der Waals surface area contributed by atoms with Crippen LogP contribution >= 0.6 is 0 Å². The van der Waals surface area contributed by atoms with Gasteiger partial charge in [-0.2, -0.15) is 0 Å². The van der Waals surface area contributed by atoms with Crippen molar-refractivity contribution < 1.29 is 22.7 Å². The number of rotatable bonds is 8. The average molecular weight is 514 g/mol. The van der Waals surface area contributed by atoms with E-state index in [1.54, 1.807) is 0 Å². The highest BCUT2D eigenvalue weighted by Crippen LogP contribution is 2.47. The number of carbonyl (C=O) groups is 2. The lowest BCUT2D eigenvalue weighted by atomic mass is 9.92. The maximum absolute atomic E-state index is 13.2. The van der Waals surface area contributed by atoms with Crippen LogP contribution in [0, 0.1) is 12.3 Å². The van der Waals surface area contributed by atoms with Crippen molar-refractivity contribution >= 4 is 21.7 Å². The molecule has 9 nitrogen and oxygen atoms in total. The fourth-order valence-corrected chi connectivity index (χ4v) is 7.45. The van der Waals surface area contributed by atoms with Gasteiger partial charge in [-0.1, -0.05) is 36.8 Å². The summed E-state index contributed by atoms with van der Waals surface area (Å²) in [6.07, 6.45) is 1.06. The van der Waals surface area contributed by atoms with Crippen LogP contribution < -0.4 is 10.9 Å². The number of carbonyl (C=O) groups excluding carboxylic acids is 2. The van der Waals surface area contributed by atoms with Crippen molar-refractivity contribution in [3.8, 4) is 0 Å². The molecule has 0 unspecified atom stereocenters. The summed E-state index contributed by atoms with van der Waals surface area (Å²) in [5.41, 5.74) is 1.30. The molecule has 3 aliphatic rings. The first-order valence-electron chi connectivity index (χ1n) is 12.2. The molecule has 1 aromatic carbocycles. The highest BCUT2D eigenvalue weighted by atomic mass is 32.2. The zero-order valence-corrected chi connectivity index (χ0v) is 21.4. The molecule has 3 heterocycles. The van der Waals surface area contributed by atoms with E-state index in [4.69, 9.17) is 4.74 Å². The van der Waals surface area contributed by atoms with Crippen LogP contribution in [0.3, 0.4) is 0 Å². The Hall–Kier alpha value is -2.98. The molecule has 1 aromatic heterocycles. The lowest BCUT2D eigenvalue weighted by molar-refractivity contribution is -0.0871. The van der Waals surface area contributed by atoms with Crippen LogP contribution in [0.25, 0.3) is 0 Å². The van der Waals surface area contributed by atoms with Crippen LogP contribution in [0.15, 0.2) is 41.2 Å². The molecule has 1 aliphatic carbocycles. The number of nitrogens with one attached hydrogen (secondary N) is 1. The molecule has 5 rings (SSSR count). The summed E-state index contributed by atoms with van der Waals surface area (Å²) in [5.74, 6) is -0.828. The Kier molecular flexibility index (Phi) is 6.07. The topological polar surface area (TPSA) is 115 Å². The van der Waals surface area contributed by atoms with Gasteiger partial charge >= 0.3 is 0 Å². The van der Waals surface area contributed by atoms with E-state index in [0.29, 0.717) is 26.1 Å². The van der Waals surface area contributed by atoms with Gasteiger partial charge in [0.1, 0.15) is 11.3 Å². The van der Waals surface area contributed by atoms with Crippen LogP contribution in [-0.2, 0) is 27.7 Å². The van der Waals surface area contributed by atoms with Crippen LogP contribution in [0.1, 0.15) is 51.7 Å². The van der Waals surface area contributed by atoms with Crippen molar-refractivity contribution in [2.75, 3.05) is 32.1 Å². The SMILES string of the molecule is Cc1ccc(CNC(=O)c2ccc3n(c2=O)CCN(CC2(S(=O)(=O)CC4(C)COC4)CC2)C3=O)cc1. The van der Waals surface area contributed by atoms with Gasteiger partial charge in [0.05, 0.1) is 23.7 Å². The number of amides is 2. The average Bonchev–Trinajstić information content (AvgIpc) is 3.61. The van der Waals surface area contributed by atoms with Gasteiger partial charge < -0.3 is 19.5 Å². The molecule has 2 amide bonds. The van der Waals surface area contributed by atoms with Crippen molar-refractivity contribution in [2.24, 2.45) is 5.41 Å². The van der Waals surface area contributed by atoms with E-state index < -0.39 is 26.1 Å². The van der Waals surface area contributed by atoms with Crippen molar-refractivity contribution in [1.29, 1.82) is 0 Å². The van der Waals surface area contributed by atoms with Gasteiger partial charge in [0.25, 0.3) is 17.4 Å². The maximum atomic E-state index is 13.2. The number of sulfone groups is 1. The molecule has 2 aliphatic heterocycles. The summed E-state index contributed by atoms with van der Waals surface area (Å²) in [4.78, 5) is 40.5. The first kappa shape index (κ1) is 24.7.